The van der Waals surface area contributed by atoms with Crippen molar-refractivity contribution >= 4 is 5.78 Å². The number of ketones is 1. The summed E-state index contributed by atoms with van der Waals surface area (Å²) in [6.07, 6.45) is 9.74. The Hall–Kier alpha value is -0.850. The van der Waals surface area contributed by atoms with E-state index in [1.165, 1.54) is 0 Å². The van der Waals surface area contributed by atoms with Gasteiger partial charge in [0.1, 0.15) is 5.78 Å². The molecule has 0 saturated heterocycles. The first-order valence-corrected chi connectivity index (χ1v) is 4.89. The molecule has 0 aromatic carbocycles. The Morgan fingerprint density at radius 1 is 1.31 bits per heavy atom. The molecule has 0 fully saturated rings. The van der Waals surface area contributed by atoms with E-state index in [-0.39, 0.29) is 11.2 Å². The van der Waals surface area contributed by atoms with E-state index >= 15 is 0 Å². The first-order valence-electron chi connectivity index (χ1n) is 4.89. The van der Waals surface area contributed by atoms with Gasteiger partial charge in [-0.25, -0.2) is 0 Å². The number of Topliss-reactive ketones (excluding diaryl/α,β-unsaturated/α-hetero) is 1. The molecule has 0 bridgehead atoms. The molecule has 0 aliphatic carbocycles. The van der Waals surface area contributed by atoms with Crippen LogP contribution in [0.4, 0.5) is 0 Å². The minimum atomic E-state index is -0.263. The lowest BCUT2D eigenvalue weighted by atomic mass is 9.78. The fourth-order valence-electron chi connectivity index (χ4n) is 1.49. The summed E-state index contributed by atoms with van der Waals surface area (Å²) in [6.45, 7) is 7.68. The van der Waals surface area contributed by atoms with E-state index in [1.54, 1.807) is 6.92 Å². The van der Waals surface area contributed by atoms with Crippen LogP contribution in [0, 0.1) is 5.41 Å². The maximum Gasteiger partial charge on any atom is 0.140 e. The average molecular weight is 180 g/mol. The van der Waals surface area contributed by atoms with Gasteiger partial charge in [0.05, 0.1) is 0 Å². The van der Waals surface area contributed by atoms with Crippen molar-refractivity contribution in [2.75, 3.05) is 0 Å². The minimum absolute atomic E-state index is 0.256. The van der Waals surface area contributed by atoms with E-state index in [0.29, 0.717) is 0 Å². The number of carbonyl (C=O) groups is 1. The maximum absolute atomic E-state index is 11.5. The Bertz CT molecular complexity index is 213. The van der Waals surface area contributed by atoms with Gasteiger partial charge in [-0.05, 0) is 33.6 Å². The maximum atomic E-state index is 11.5. The second kappa shape index (κ2) is 5.74. The van der Waals surface area contributed by atoms with Crippen LogP contribution in [0.25, 0.3) is 0 Å². The quantitative estimate of drug-likeness (QED) is 0.592. The largest absolute Gasteiger partial charge is 0.299 e. The molecule has 74 valence electrons. The molecule has 1 nitrogen and oxygen atoms in total. The highest BCUT2D eigenvalue weighted by Crippen LogP contribution is 2.30. The molecule has 0 aromatic rings. The lowest BCUT2D eigenvalue weighted by molar-refractivity contribution is -0.124. The van der Waals surface area contributed by atoms with Gasteiger partial charge in [0, 0.05) is 5.41 Å². The smallest absolute Gasteiger partial charge is 0.140 e. The zero-order valence-corrected chi connectivity index (χ0v) is 9.13. The Morgan fingerprint density at radius 2 is 1.92 bits per heavy atom. The van der Waals surface area contributed by atoms with Crippen LogP contribution < -0.4 is 0 Å². The van der Waals surface area contributed by atoms with E-state index in [1.807, 2.05) is 32.1 Å². The molecule has 1 unspecified atom stereocenters. The zero-order valence-electron chi connectivity index (χ0n) is 9.13. The van der Waals surface area contributed by atoms with Gasteiger partial charge in [-0.15, -0.1) is 0 Å². The Labute approximate surface area is 81.5 Å². The fourth-order valence-corrected chi connectivity index (χ4v) is 1.49. The van der Waals surface area contributed by atoms with Crippen LogP contribution in [-0.4, -0.2) is 5.78 Å². The van der Waals surface area contributed by atoms with Crippen molar-refractivity contribution < 1.29 is 4.79 Å². The molecule has 0 amide bonds. The Balaban J connectivity index is 4.74. The third kappa shape index (κ3) is 3.17. The van der Waals surface area contributed by atoms with Crippen molar-refractivity contribution in [3.05, 3.63) is 24.3 Å². The number of hydrogen-bond acceptors (Lipinski definition) is 1. The third-order valence-electron chi connectivity index (χ3n) is 2.54. The Morgan fingerprint density at radius 3 is 2.23 bits per heavy atom. The first-order chi connectivity index (χ1) is 6.13. The van der Waals surface area contributed by atoms with Gasteiger partial charge in [0.25, 0.3) is 0 Å². The molecule has 0 saturated carbocycles. The predicted octanol–water partition coefficient (Wildman–Crippen LogP) is 3.51. The summed E-state index contributed by atoms with van der Waals surface area (Å²) in [6, 6.07) is 0. The van der Waals surface area contributed by atoms with Crippen molar-refractivity contribution in [3.63, 3.8) is 0 Å². The molecule has 0 rings (SSSR count). The SMILES string of the molecule is CC=CC(CC)(C/C=C/C)C(C)=O. The summed E-state index contributed by atoms with van der Waals surface area (Å²) in [5, 5.41) is 0. The number of hydrogen-bond donors (Lipinski definition) is 0. The molecule has 0 N–H and O–H groups in total. The van der Waals surface area contributed by atoms with Gasteiger partial charge < -0.3 is 0 Å². The molecular weight excluding hydrogens is 160 g/mol. The normalized spacial score (nSPS) is 16.6. The summed E-state index contributed by atoms with van der Waals surface area (Å²) < 4.78 is 0. The Kier molecular flexibility index (Phi) is 5.36. The topological polar surface area (TPSA) is 17.1 Å². The molecule has 13 heavy (non-hydrogen) atoms. The van der Waals surface area contributed by atoms with E-state index < -0.39 is 0 Å². The monoisotopic (exact) mass is 180 g/mol. The zero-order chi connectivity index (χ0) is 10.3. The lowest BCUT2D eigenvalue weighted by Gasteiger charge is -2.24. The standard InChI is InChI=1S/C12H20O/c1-5-8-10-12(7-3,9-6-2)11(4)13/h5-6,8-9H,7,10H2,1-4H3/b8-5+,9-6?. The molecule has 0 heterocycles. The van der Waals surface area contributed by atoms with Crippen LogP contribution in [0.3, 0.4) is 0 Å². The third-order valence-corrected chi connectivity index (χ3v) is 2.54. The molecule has 0 aromatic heterocycles. The number of allylic oxidation sites excluding steroid dienone is 4. The number of rotatable bonds is 5. The van der Waals surface area contributed by atoms with Gasteiger partial charge in [0.2, 0.25) is 0 Å². The molecule has 1 atom stereocenters. The molecule has 1 heteroatoms. The molecule has 0 spiro atoms. The average Bonchev–Trinajstić information content (AvgIpc) is 2.12. The summed E-state index contributed by atoms with van der Waals surface area (Å²) in [4.78, 5) is 11.5. The van der Waals surface area contributed by atoms with Crippen molar-refractivity contribution in [1.29, 1.82) is 0 Å². The van der Waals surface area contributed by atoms with Gasteiger partial charge in [-0.3, -0.25) is 4.79 Å². The first kappa shape index (κ1) is 12.2. The van der Waals surface area contributed by atoms with E-state index in [2.05, 4.69) is 13.0 Å². The highest BCUT2D eigenvalue weighted by atomic mass is 16.1. The summed E-state index contributed by atoms with van der Waals surface area (Å²) in [5.74, 6) is 0.256. The van der Waals surface area contributed by atoms with Crippen LogP contribution in [0.5, 0.6) is 0 Å². The highest BCUT2D eigenvalue weighted by Gasteiger charge is 2.28. The summed E-state index contributed by atoms with van der Waals surface area (Å²) in [5.41, 5.74) is -0.263. The van der Waals surface area contributed by atoms with Gasteiger partial charge in [0.15, 0.2) is 0 Å². The van der Waals surface area contributed by atoms with E-state index in [9.17, 15) is 4.79 Å². The van der Waals surface area contributed by atoms with Crippen molar-refractivity contribution in [1.82, 2.24) is 0 Å². The highest BCUT2D eigenvalue weighted by molar-refractivity contribution is 5.84. The van der Waals surface area contributed by atoms with E-state index in [0.717, 1.165) is 12.8 Å². The van der Waals surface area contributed by atoms with Crippen LogP contribution in [-0.2, 0) is 4.79 Å². The van der Waals surface area contributed by atoms with Crippen LogP contribution >= 0.6 is 0 Å². The van der Waals surface area contributed by atoms with Crippen LogP contribution in [0.1, 0.15) is 40.5 Å². The van der Waals surface area contributed by atoms with Crippen molar-refractivity contribution in [2.45, 2.75) is 40.5 Å². The van der Waals surface area contributed by atoms with Crippen molar-refractivity contribution in [3.8, 4) is 0 Å². The summed E-state index contributed by atoms with van der Waals surface area (Å²) in [7, 11) is 0. The molecule has 0 radical (unpaired) electrons. The number of carbonyl (C=O) groups excluding carboxylic acids is 1. The molecule has 0 aliphatic heterocycles. The van der Waals surface area contributed by atoms with Crippen LogP contribution in [0.15, 0.2) is 24.3 Å². The van der Waals surface area contributed by atoms with Crippen molar-refractivity contribution in [2.24, 2.45) is 5.41 Å². The molecule has 0 aliphatic rings. The predicted molar refractivity (Wildman–Crippen MR) is 57.7 cm³/mol. The summed E-state index contributed by atoms with van der Waals surface area (Å²) >= 11 is 0. The van der Waals surface area contributed by atoms with Gasteiger partial charge >= 0.3 is 0 Å². The minimum Gasteiger partial charge on any atom is -0.299 e. The van der Waals surface area contributed by atoms with E-state index in [4.69, 9.17) is 0 Å². The second-order valence-corrected chi connectivity index (χ2v) is 3.34. The van der Waals surface area contributed by atoms with Gasteiger partial charge in [-0.1, -0.05) is 31.2 Å². The fraction of sp³-hybridized carbons (Fsp3) is 0.583. The van der Waals surface area contributed by atoms with Crippen LogP contribution in [0.2, 0.25) is 0 Å². The lowest BCUT2D eigenvalue weighted by Crippen LogP contribution is -2.25. The molecular formula is C12H20O. The second-order valence-electron chi connectivity index (χ2n) is 3.34. The van der Waals surface area contributed by atoms with Gasteiger partial charge in [-0.2, -0.15) is 0 Å².